The van der Waals surface area contributed by atoms with Gasteiger partial charge in [0.25, 0.3) is 0 Å². The van der Waals surface area contributed by atoms with Gasteiger partial charge in [0, 0.05) is 52.2 Å². The number of piperidine rings is 1. The molecule has 1 aromatic carbocycles. The van der Waals surface area contributed by atoms with Crippen LogP contribution < -0.4 is 10.2 Å². The summed E-state index contributed by atoms with van der Waals surface area (Å²) in [5.74, 6) is 0.241. The number of carbonyl (C=O) groups excluding carboxylic acids is 2. The molecule has 7 nitrogen and oxygen atoms in total. The zero-order chi connectivity index (χ0) is 21.8. The highest BCUT2D eigenvalue weighted by Crippen LogP contribution is 2.23. The first-order chi connectivity index (χ1) is 13.5. The highest BCUT2D eigenvalue weighted by Gasteiger charge is 2.27. The van der Waals surface area contributed by atoms with E-state index in [4.69, 9.17) is 4.74 Å². The molecule has 1 aromatic rings. The molecule has 2 rings (SSSR count). The van der Waals surface area contributed by atoms with Crippen molar-refractivity contribution in [2.24, 2.45) is 5.92 Å². The van der Waals surface area contributed by atoms with Gasteiger partial charge >= 0.3 is 12.1 Å². The molecule has 0 saturated carbocycles. The number of nitrogens with zero attached hydrogens (tertiary/aromatic N) is 3. The quantitative estimate of drug-likeness (QED) is 0.818. The van der Waals surface area contributed by atoms with Crippen LogP contribution in [0.3, 0.4) is 0 Å². The highest BCUT2D eigenvalue weighted by molar-refractivity contribution is 5.89. The molecule has 162 valence electrons. The second-order valence-corrected chi connectivity index (χ2v) is 9.14. The fraction of sp³-hybridized carbons (Fsp3) is 0.636. The number of nitrogens with one attached hydrogen (secondary N) is 1. The number of hydrogen-bond acceptors (Lipinski definition) is 4. The van der Waals surface area contributed by atoms with Crippen molar-refractivity contribution in [1.82, 2.24) is 9.80 Å². The SMILES string of the molecule is Cc1cc(NC(=O)N2CCCC(CN(C)C(=O)OC(C)(C)C)C2)ccc1N(C)C. The molecular formula is C22H36N4O3. The van der Waals surface area contributed by atoms with Crippen LogP contribution in [0.25, 0.3) is 0 Å². The van der Waals surface area contributed by atoms with Crippen LogP contribution in [-0.4, -0.2) is 68.3 Å². The Morgan fingerprint density at radius 1 is 1.24 bits per heavy atom. The van der Waals surface area contributed by atoms with E-state index in [9.17, 15) is 9.59 Å². The minimum atomic E-state index is -0.510. The smallest absolute Gasteiger partial charge is 0.410 e. The lowest BCUT2D eigenvalue weighted by atomic mass is 9.98. The molecule has 0 radical (unpaired) electrons. The maximum absolute atomic E-state index is 12.7. The van der Waals surface area contributed by atoms with E-state index < -0.39 is 5.60 Å². The van der Waals surface area contributed by atoms with Crippen molar-refractivity contribution in [3.63, 3.8) is 0 Å². The van der Waals surface area contributed by atoms with Crippen molar-refractivity contribution in [2.75, 3.05) is 51.0 Å². The summed E-state index contributed by atoms with van der Waals surface area (Å²) in [5, 5.41) is 3.01. The van der Waals surface area contributed by atoms with Crippen LogP contribution in [-0.2, 0) is 4.74 Å². The zero-order valence-electron chi connectivity index (χ0n) is 18.9. The summed E-state index contributed by atoms with van der Waals surface area (Å²) in [7, 11) is 5.76. The number of hydrogen-bond donors (Lipinski definition) is 1. The monoisotopic (exact) mass is 404 g/mol. The van der Waals surface area contributed by atoms with Gasteiger partial charge in [0.05, 0.1) is 0 Å². The molecule has 1 heterocycles. The van der Waals surface area contributed by atoms with E-state index in [1.165, 1.54) is 0 Å². The third-order valence-electron chi connectivity index (χ3n) is 4.97. The van der Waals surface area contributed by atoms with Gasteiger partial charge in [0.2, 0.25) is 0 Å². The normalized spacial score (nSPS) is 16.9. The van der Waals surface area contributed by atoms with Crippen molar-refractivity contribution in [1.29, 1.82) is 0 Å². The van der Waals surface area contributed by atoms with Gasteiger partial charge in [0.15, 0.2) is 0 Å². The Labute approximate surface area is 175 Å². The van der Waals surface area contributed by atoms with E-state index >= 15 is 0 Å². The third-order valence-corrected chi connectivity index (χ3v) is 4.97. The molecule has 1 fully saturated rings. The number of anilines is 2. The van der Waals surface area contributed by atoms with Gasteiger partial charge in [-0.25, -0.2) is 9.59 Å². The second-order valence-electron chi connectivity index (χ2n) is 9.14. The van der Waals surface area contributed by atoms with Gasteiger partial charge in [-0.3, -0.25) is 0 Å². The van der Waals surface area contributed by atoms with E-state index in [1.54, 1.807) is 11.9 Å². The Morgan fingerprint density at radius 2 is 1.93 bits per heavy atom. The molecule has 1 saturated heterocycles. The lowest BCUT2D eigenvalue weighted by Crippen LogP contribution is -2.46. The predicted molar refractivity (Wildman–Crippen MR) is 118 cm³/mol. The minimum absolute atomic E-state index is 0.0911. The van der Waals surface area contributed by atoms with Crippen molar-refractivity contribution in [3.05, 3.63) is 23.8 Å². The summed E-state index contributed by atoms with van der Waals surface area (Å²) < 4.78 is 5.42. The summed E-state index contributed by atoms with van der Waals surface area (Å²) in [6, 6.07) is 5.84. The predicted octanol–water partition coefficient (Wildman–Crippen LogP) is 4.17. The van der Waals surface area contributed by atoms with Crippen LogP contribution in [0.2, 0.25) is 0 Å². The van der Waals surface area contributed by atoms with Crippen molar-refractivity contribution >= 4 is 23.5 Å². The van der Waals surface area contributed by atoms with Crippen molar-refractivity contribution < 1.29 is 14.3 Å². The highest BCUT2D eigenvalue weighted by atomic mass is 16.6. The summed E-state index contributed by atoms with van der Waals surface area (Å²) in [4.78, 5) is 30.5. The maximum Gasteiger partial charge on any atom is 0.410 e. The van der Waals surface area contributed by atoms with E-state index in [1.807, 2.05) is 64.9 Å². The van der Waals surface area contributed by atoms with Gasteiger partial charge in [-0.2, -0.15) is 0 Å². The second kappa shape index (κ2) is 9.37. The number of ether oxygens (including phenoxy) is 1. The average molecular weight is 405 g/mol. The molecule has 1 unspecified atom stereocenters. The molecule has 1 aliphatic heterocycles. The number of aryl methyl sites for hydroxylation is 1. The van der Waals surface area contributed by atoms with Crippen LogP contribution in [0.15, 0.2) is 18.2 Å². The first kappa shape index (κ1) is 22.8. The Hall–Kier alpha value is -2.44. The van der Waals surface area contributed by atoms with Gasteiger partial charge in [-0.15, -0.1) is 0 Å². The first-order valence-corrected chi connectivity index (χ1v) is 10.2. The van der Waals surface area contributed by atoms with Crippen LogP contribution in [0.4, 0.5) is 21.0 Å². The van der Waals surface area contributed by atoms with Gasteiger partial charge < -0.3 is 24.8 Å². The molecule has 1 aliphatic rings. The van der Waals surface area contributed by atoms with E-state index in [0.717, 1.165) is 36.3 Å². The fourth-order valence-corrected chi connectivity index (χ4v) is 3.64. The van der Waals surface area contributed by atoms with Crippen molar-refractivity contribution in [2.45, 2.75) is 46.1 Å². The Kier molecular flexibility index (Phi) is 7.38. The summed E-state index contributed by atoms with van der Waals surface area (Å²) >= 11 is 0. The maximum atomic E-state index is 12.7. The van der Waals surface area contributed by atoms with E-state index in [2.05, 4.69) is 10.2 Å². The summed E-state index contributed by atoms with van der Waals surface area (Å²) in [6.45, 7) is 9.55. The third kappa shape index (κ3) is 6.84. The molecule has 0 bridgehead atoms. The van der Waals surface area contributed by atoms with Crippen LogP contribution >= 0.6 is 0 Å². The molecule has 3 amide bonds. The number of urea groups is 1. The number of likely N-dealkylation sites (tertiary alicyclic amines) is 1. The molecular weight excluding hydrogens is 368 g/mol. The van der Waals surface area contributed by atoms with Gasteiger partial charge in [0.1, 0.15) is 5.60 Å². The lowest BCUT2D eigenvalue weighted by Gasteiger charge is -2.35. The largest absolute Gasteiger partial charge is 0.444 e. The van der Waals surface area contributed by atoms with E-state index in [-0.39, 0.29) is 18.0 Å². The molecule has 29 heavy (non-hydrogen) atoms. The van der Waals surface area contributed by atoms with Crippen LogP contribution in [0.5, 0.6) is 0 Å². The Morgan fingerprint density at radius 3 is 2.52 bits per heavy atom. The summed E-state index contributed by atoms with van der Waals surface area (Å²) in [6.07, 6.45) is 1.60. The van der Waals surface area contributed by atoms with Crippen LogP contribution in [0, 0.1) is 12.8 Å². The summed E-state index contributed by atoms with van der Waals surface area (Å²) in [5.41, 5.74) is 2.53. The number of carbonyl (C=O) groups is 2. The fourth-order valence-electron chi connectivity index (χ4n) is 3.64. The number of amides is 3. The van der Waals surface area contributed by atoms with Gasteiger partial charge in [-0.1, -0.05) is 0 Å². The minimum Gasteiger partial charge on any atom is -0.444 e. The average Bonchev–Trinajstić information content (AvgIpc) is 2.60. The number of rotatable bonds is 4. The van der Waals surface area contributed by atoms with Crippen molar-refractivity contribution in [3.8, 4) is 0 Å². The number of benzene rings is 1. The molecule has 1 atom stereocenters. The Balaban J connectivity index is 1.92. The standard InChI is InChI=1S/C22H36N4O3/c1-16-13-18(10-11-19(16)24(5)6)23-20(27)26-12-8-9-17(15-26)14-25(7)21(28)29-22(2,3)4/h10-11,13,17H,8-9,12,14-15H2,1-7H3,(H,23,27). The lowest BCUT2D eigenvalue weighted by molar-refractivity contribution is 0.0253. The molecule has 0 spiro atoms. The Bertz CT molecular complexity index is 727. The first-order valence-electron chi connectivity index (χ1n) is 10.2. The molecule has 1 N–H and O–H groups in total. The van der Waals surface area contributed by atoms with E-state index in [0.29, 0.717) is 13.1 Å². The molecule has 0 aromatic heterocycles. The molecule has 0 aliphatic carbocycles. The zero-order valence-corrected chi connectivity index (χ0v) is 18.9. The molecule has 7 heteroatoms. The van der Waals surface area contributed by atoms with Gasteiger partial charge in [-0.05, 0) is 70.2 Å². The van der Waals surface area contributed by atoms with Crippen LogP contribution in [0.1, 0.15) is 39.2 Å². The topological polar surface area (TPSA) is 65.1 Å².